The number of rotatable bonds is 4. The Bertz CT molecular complexity index is 299. The number of nitrogens with zero attached hydrogens (tertiary/aromatic N) is 2. The van der Waals surface area contributed by atoms with Crippen molar-refractivity contribution in [2.24, 2.45) is 0 Å². The molecule has 0 atom stereocenters. The van der Waals surface area contributed by atoms with Gasteiger partial charge in [0.1, 0.15) is 0 Å². The van der Waals surface area contributed by atoms with Crippen LogP contribution >= 0.6 is 0 Å². The van der Waals surface area contributed by atoms with Crippen molar-refractivity contribution in [3.63, 3.8) is 0 Å². The maximum absolute atomic E-state index is 5.52. The van der Waals surface area contributed by atoms with Crippen LogP contribution in [0.15, 0.2) is 12.4 Å². The molecular formula is C10H17N3O. The van der Waals surface area contributed by atoms with Crippen molar-refractivity contribution in [3.05, 3.63) is 18.0 Å². The molecule has 0 aliphatic carbocycles. The third-order valence-electron chi connectivity index (χ3n) is 2.86. The summed E-state index contributed by atoms with van der Waals surface area (Å²) in [6.45, 7) is 4.91. The molecular weight excluding hydrogens is 178 g/mol. The molecule has 1 fully saturated rings. The van der Waals surface area contributed by atoms with Crippen molar-refractivity contribution in [1.82, 2.24) is 15.1 Å². The van der Waals surface area contributed by atoms with Gasteiger partial charge in [0.05, 0.1) is 11.8 Å². The Balaban J connectivity index is 2.02. The highest BCUT2D eigenvalue weighted by molar-refractivity contribution is 5.12. The van der Waals surface area contributed by atoms with E-state index in [9.17, 15) is 0 Å². The van der Waals surface area contributed by atoms with Gasteiger partial charge in [0, 0.05) is 39.4 Å². The zero-order chi connectivity index (χ0) is 10.0. The number of aromatic nitrogens is 2. The SMILES string of the molecule is CCn1cc(CC2(OC)CNC2)cn1. The number of aryl methyl sites for hydroxylation is 1. The van der Waals surface area contributed by atoms with E-state index in [-0.39, 0.29) is 5.60 Å². The summed E-state index contributed by atoms with van der Waals surface area (Å²) >= 11 is 0. The molecule has 0 saturated carbocycles. The molecule has 0 amide bonds. The molecule has 2 heterocycles. The van der Waals surface area contributed by atoms with Crippen LogP contribution in [0.3, 0.4) is 0 Å². The summed E-state index contributed by atoms with van der Waals surface area (Å²) in [7, 11) is 1.78. The Morgan fingerprint density at radius 1 is 1.64 bits per heavy atom. The first-order valence-corrected chi connectivity index (χ1v) is 5.05. The lowest BCUT2D eigenvalue weighted by Crippen LogP contribution is -2.61. The molecule has 0 unspecified atom stereocenters. The first-order chi connectivity index (χ1) is 6.78. The van der Waals surface area contributed by atoms with Crippen LogP contribution in [0.25, 0.3) is 0 Å². The van der Waals surface area contributed by atoms with Crippen LogP contribution in [0.1, 0.15) is 12.5 Å². The van der Waals surface area contributed by atoms with Crippen molar-refractivity contribution >= 4 is 0 Å². The molecule has 1 saturated heterocycles. The van der Waals surface area contributed by atoms with Gasteiger partial charge in [-0.25, -0.2) is 0 Å². The van der Waals surface area contributed by atoms with E-state index < -0.39 is 0 Å². The van der Waals surface area contributed by atoms with Crippen LogP contribution in [-0.4, -0.2) is 35.6 Å². The van der Waals surface area contributed by atoms with Crippen LogP contribution in [0.4, 0.5) is 0 Å². The van der Waals surface area contributed by atoms with Gasteiger partial charge in [-0.05, 0) is 12.5 Å². The molecule has 0 spiro atoms. The largest absolute Gasteiger partial charge is 0.375 e. The van der Waals surface area contributed by atoms with E-state index in [1.165, 1.54) is 5.56 Å². The van der Waals surface area contributed by atoms with E-state index in [4.69, 9.17) is 4.74 Å². The van der Waals surface area contributed by atoms with Crippen LogP contribution in [0.2, 0.25) is 0 Å². The third-order valence-corrected chi connectivity index (χ3v) is 2.86. The fraction of sp³-hybridized carbons (Fsp3) is 0.700. The standard InChI is InChI=1S/C10H17N3O/c1-3-13-6-9(5-12-13)4-10(14-2)7-11-8-10/h5-6,11H,3-4,7-8H2,1-2H3. The minimum absolute atomic E-state index is 0.0155. The van der Waals surface area contributed by atoms with Gasteiger partial charge in [0.15, 0.2) is 0 Å². The molecule has 78 valence electrons. The average molecular weight is 195 g/mol. The van der Waals surface area contributed by atoms with Gasteiger partial charge in [-0.2, -0.15) is 5.10 Å². The quantitative estimate of drug-likeness (QED) is 0.757. The van der Waals surface area contributed by atoms with Gasteiger partial charge in [0.25, 0.3) is 0 Å². The Kier molecular flexibility index (Phi) is 2.56. The molecule has 1 aliphatic heterocycles. The maximum Gasteiger partial charge on any atom is 0.0967 e. The van der Waals surface area contributed by atoms with Crippen LogP contribution < -0.4 is 5.32 Å². The smallest absolute Gasteiger partial charge is 0.0967 e. The summed E-state index contributed by atoms with van der Waals surface area (Å²) in [6.07, 6.45) is 4.98. The Hall–Kier alpha value is -0.870. The molecule has 0 bridgehead atoms. The second-order valence-electron chi connectivity index (χ2n) is 3.87. The highest BCUT2D eigenvalue weighted by Crippen LogP contribution is 2.21. The molecule has 1 aromatic rings. The van der Waals surface area contributed by atoms with Crippen LogP contribution in [-0.2, 0) is 17.7 Å². The predicted octanol–water partition coefficient (Wildman–Crippen LogP) is 0.434. The highest BCUT2D eigenvalue weighted by atomic mass is 16.5. The molecule has 1 aliphatic rings. The summed E-state index contributed by atoms with van der Waals surface area (Å²) in [5, 5.41) is 7.49. The lowest BCUT2D eigenvalue weighted by molar-refractivity contribution is -0.0502. The molecule has 1 N–H and O–H groups in total. The number of nitrogens with one attached hydrogen (secondary N) is 1. The molecule has 14 heavy (non-hydrogen) atoms. The fourth-order valence-corrected chi connectivity index (χ4v) is 1.79. The van der Waals surface area contributed by atoms with Gasteiger partial charge >= 0.3 is 0 Å². The molecule has 2 rings (SSSR count). The molecule has 4 heteroatoms. The molecule has 4 nitrogen and oxygen atoms in total. The number of methoxy groups -OCH3 is 1. The van der Waals surface area contributed by atoms with Crippen LogP contribution in [0.5, 0.6) is 0 Å². The summed E-state index contributed by atoms with van der Waals surface area (Å²) in [4.78, 5) is 0. The van der Waals surface area contributed by atoms with Gasteiger partial charge < -0.3 is 10.1 Å². The molecule has 1 aromatic heterocycles. The monoisotopic (exact) mass is 195 g/mol. The summed E-state index contributed by atoms with van der Waals surface area (Å²) in [5.74, 6) is 0. The van der Waals surface area contributed by atoms with E-state index in [0.29, 0.717) is 0 Å². The van der Waals surface area contributed by atoms with Crippen molar-refractivity contribution in [3.8, 4) is 0 Å². The first kappa shape index (κ1) is 9.68. The van der Waals surface area contributed by atoms with E-state index in [1.807, 2.05) is 10.9 Å². The number of ether oxygens (including phenoxy) is 1. The lowest BCUT2D eigenvalue weighted by Gasteiger charge is -2.41. The Labute approximate surface area is 84.3 Å². The summed E-state index contributed by atoms with van der Waals surface area (Å²) in [6, 6.07) is 0. The van der Waals surface area contributed by atoms with Gasteiger partial charge in [0.2, 0.25) is 0 Å². The molecule has 0 aromatic carbocycles. The van der Waals surface area contributed by atoms with Crippen molar-refractivity contribution in [2.45, 2.75) is 25.5 Å². The fourth-order valence-electron chi connectivity index (χ4n) is 1.79. The van der Waals surface area contributed by atoms with E-state index in [1.54, 1.807) is 7.11 Å². The number of hydrogen-bond donors (Lipinski definition) is 1. The normalized spacial score (nSPS) is 19.3. The van der Waals surface area contributed by atoms with E-state index in [0.717, 1.165) is 26.1 Å². The Morgan fingerprint density at radius 2 is 2.43 bits per heavy atom. The minimum atomic E-state index is 0.0155. The summed E-state index contributed by atoms with van der Waals surface area (Å²) < 4.78 is 7.47. The zero-order valence-corrected chi connectivity index (χ0v) is 8.79. The highest BCUT2D eigenvalue weighted by Gasteiger charge is 2.37. The number of hydrogen-bond acceptors (Lipinski definition) is 3. The second kappa shape index (κ2) is 3.71. The van der Waals surface area contributed by atoms with Gasteiger partial charge in [-0.15, -0.1) is 0 Å². The maximum atomic E-state index is 5.52. The van der Waals surface area contributed by atoms with Crippen LogP contribution in [0, 0.1) is 0 Å². The van der Waals surface area contributed by atoms with Gasteiger partial charge in [-0.3, -0.25) is 4.68 Å². The topological polar surface area (TPSA) is 39.1 Å². The first-order valence-electron chi connectivity index (χ1n) is 5.05. The van der Waals surface area contributed by atoms with E-state index in [2.05, 4.69) is 23.5 Å². The summed E-state index contributed by atoms with van der Waals surface area (Å²) in [5.41, 5.74) is 1.27. The zero-order valence-electron chi connectivity index (χ0n) is 8.79. The van der Waals surface area contributed by atoms with Crippen molar-refractivity contribution < 1.29 is 4.74 Å². The van der Waals surface area contributed by atoms with Crippen molar-refractivity contribution in [1.29, 1.82) is 0 Å². The van der Waals surface area contributed by atoms with Crippen molar-refractivity contribution in [2.75, 3.05) is 20.2 Å². The third kappa shape index (κ3) is 1.67. The lowest BCUT2D eigenvalue weighted by atomic mass is 9.90. The van der Waals surface area contributed by atoms with Gasteiger partial charge in [-0.1, -0.05) is 0 Å². The average Bonchev–Trinajstić information content (AvgIpc) is 2.59. The predicted molar refractivity (Wildman–Crippen MR) is 54.2 cm³/mol. The van der Waals surface area contributed by atoms with E-state index >= 15 is 0 Å². The minimum Gasteiger partial charge on any atom is -0.375 e. The Morgan fingerprint density at radius 3 is 2.86 bits per heavy atom. The second-order valence-corrected chi connectivity index (χ2v) is 3.87. The molecule has 0 radical (unpaired) electrons.